The monoisotopic (exact) mass is 1110 g/mol. The van der Waals surface area contributed by atoms with Gasteiger partial charge < -0.3 is 9.80 Å². The van der Waals surface area contributed by atoms with Crippen LogP contribution in [0.2, 0.25) is 0 Å². The molecule has 86 heavy (non-hydrogen) atoms. The predicted octanol–water partition coefficient (Wildman–Crippen LogP) is 22.6. The molecule has 0 aromatic heterocycles. The van der Waals surface area contributed by atoms with E-state index >= 15 is 0 Å². The zero-order valence-corrected chi connectivity index (χ0v) is 50.3. The Hall–Kier alpha value is -9.24. The Bertz CT molecular complexity index is 4230. The second-order valence-corrected chi connectivity index (χ2v) is 25.7. The van der Waals surface area contributed by atoms with E-state index in [0.29, 0.717) is 0 Å². The van der Waals surface area contributed by atoms with E-state index in [-0.39, 0.29) is 21.7 Å². The molecule has 0 spiro atoms. The summed E-state index contributed by atoms with van der Waals surface area (Å²) in [7, 11) is 0. The zero-order chi connectivity index (χ0) is 58.2. The number of rotatable bonds is 15. The van der Waals surface area contributed by atoms with E-state index in [1.54, 1.807) is 0 Å². The molecule has 0 heterocycles. The van der Waals surface area contributed by atoms with Gasteiger partial charge in [0.1, 0.15) is 0 Å². The third kappa shape index (κ3) is 8.82. The third-order valence-electron chi connectivity index (χ3n) is 20.5. The quantitative estimate of drug-likeness (QED) is 0.0944. The molecule has 0 bridgehead atoms. The lowest BCUT2D eigenvalue weighted by molar-refractivity contribution is 0.431. The van der Waals surface area contributed by atoms with Crippen molar-refractivity contribution in [3.63, 3.8) is 0 Å². The van der Waals surface area contributed by atoms with E-state index in [4.69, 9.17) is 0 Å². The van der Waals surface area contributed by atoms with Crippen LogP contribution in [0.15, 0.2) is 273 Å². The molecule has 4 aliphatic carbocycles. The topological polar surface area (TPSA) is 6.48 Å². The van der Waals surface area contributed by atoms with Crippen LogP contribution in [0.1, 0.15) is 123 Å². The predicted molar refractivity (Wildman–Crippen MR) is 362 cm³/mol. The Kier molecular flexibility index (Phi) is 13.1. The molecule has 3 atom stereocenters. The van der Waals surface area contributed by atoms with Crippen LogP contribution in [0.25, 0.3) is 44.5 Å². The third-order valence-corrected chi connectivity index (χ3v) is 20.5. The molecule has 0 N–H and O–H groups in total. The van der Waals surface area contributed by atoms with Crippen LogP contribution in [-0.4, -0.2) is 0 Å². The summed E-state index contributed by atoms with van der Waals surface area (Å²) >= 11 is 0. The Morgan fingerprint density at radius 1 is 0.372 bits per heavy atom. The molecular formula is C84H74N2. The molecule has 0 amide bonds. The minimum absolute atomic E-state index is 0.0385. The maximum absolute atomic E-state index is 2.63. The van der Waals surface area contributed by atoms with Crippen molar-refractivity contribution in [2.45, 2.75) is 101 Å². The summed E-state index contributed by atoms with van der Waals surface area (Å²) in [6, 6.07) is 98.2. The highest BCUT2D eigenvalue weighted by molar-refractivity contribution is 5.88. The van der Waals surface area contributed by atoms with Crippen LogP contribution in [0.5, 0.6) is 0 Å². The molecule has 420 valence electrons. The Morgan fingerprint density at radius 3 is 1.17 bits per heavy atom. The minimum atomic E-state index is -0.137. The molecule has 2 heteroatoms. The number of hydrogen-bond donors (Lipinski definition) is 0. The van der Waals surface area contributed by atoms with Gasteiger partial charge in [-0.2, -0.15) is 0 Å². The normalized spacial score (nSPS) is 19.1. The Balaban J connectivity index is 0.728. The highest BCUT2D eigenvalue weighted by Gasteiger charge is 2.54. The van der Waals surface area contributed by atoms with Crippen molar-refractivity contribution in [1.29, 1.82) is 0 Å². The van der Waals surface area contributed by atoms with Gasteiger partial charge >= 0.3 is 0 Å². The van der Waals surface area contributed by atoms with Gasteiger partial charge in [0.25, 0.3) is 0 Å². The van der Waals surface area contributed by atoms with Crippen LogP contribution < -0.4 is 9.80 Å². The van der Waals surface area contributed by atoms with Gasteiger partial charge in [-0.1, -0.05) is 235 Å². The van der Waals surface area contributed by atoms with Gasteiger partial charge in [-0.25, -0.2) is 0 Å². The fourth-order valence-corrected chi connectivity index (χ4v) is 15.5. The summed E-state index contributed by atoms with van der Waals surface area (Å²) in [5, 5.41) is 0. The molecule has 4 aliphatic rings. The zero-order valence-electron chi connectivity index (χ0n) is 50.3. The van der Waals surface area contributed by atoms with Crippen LogP contribution >= 0.6 is 0 Å². The van der Waals surface area contributed by atoms with Gasteiger partial charge in [-0.3, -0.25) is 0 Å². The molecule has 15 rings (SSSR count). The Labute approximate surface area is 509 Å². The molecule has 0 saturated carbocycles. The van der Waals surface area contributed by atoms with Crippen molar-refractivity contribution in [3.05, 3.63) is 323 Å². The van der Waals surface area contributed by atoms with Crippen molar-refractivity contribution in [3.8, 4) is 44.5 Å². The molecule has 2 nitrogen and oxygen atoms in total. The Morgan fingerprint density at radius 2 is 0.756 bits per heavy atom. The summed E-state index contributed by atoms with van der Waals surface area (Å²) in [5.74, 6) is 0. The van der Waals surface area contributed by atoms with Crippen molar-refractivity contribution in [2.24, 2.45) is 0 Å². The number of fused-ring (bicyclic) bond motifs is 5. The summed E-state index contributed by atoms with van der Waals surface area (Å²) in [4.78, 5) is 4.84. The number of anilines is 6. The summed E-state index contributed by atoms with van der Waals surface area (Å²) in [6.07, 6.45) is 12.7. The number of allylic oxidation sites excluding steroid dienone is 2. The maximum atomic E-state index is 2.63. The van der Waals surface area contributed by atoms with Crippen LogP contribution in [-0.2, 0) is 28.1 Å². The molecule has 0 radical (unpaired) electrons. The lowest BCUT2D eigenvalue weighted by atomic mass is 9.58. The highest BCUT2D eigenvalue weighted by Crippen LogP contribution is 2.64. The first-order valence-corrected chi connectivity index (χ1v) is 31.5. The largest absolute Gasteiger partial charge is 0.311 e. The summed E-state index contributed by atoms with van der Waals surface area (Å²) < 4.78 is 0. The SMILES string of the molecule is CCCC1(c2ccc(N(c3ccc(-c4ccccc4)cc3)c3ccc(-c4ccccc4)cc3)cc2)c2cc3c(cc21)C(C)(C)c1cc2c(cc1-3)CC2(CC)c1ccc(N(c2ccc(-c3ccccc3)cc2)c2ccc(C3(C)C=CCCC3)cc2)cc1. The number of hydrogen-bond acceptors (Lipinski definition) is 2. The van der Waals surface area contributed by atoms with E-state index < -0.39 is 0 Å². The van der Waals surface area contributed by atoms with E-state index in [1.807, 2.05) is 0 Å². The first-order valence-electron chi connectivity index (χ1n) is 31.5. The average molecular weight is 1110 g/mol. The lowest BCUT2D eigenvalue weighted by Gasteiger charge is -2.45. The highest BCUT2D eigenvalue weighted by atomic mass is 15.1. The first-order chi connectivity index (χ1) is 42.1. The smallest absolute Gasteiger partial charge is 0.0462 e. The van der Waals surface area contributed by atoms with Crippen molar-refractivity contribution < 1.29 is 0 Å². The van der Waals surface area contributed by atoms with Crippen molar-refractivity contribution in [1.82, 2.24) is 0 Å². The molecule has 11 aromatic rings. The summed E-state index contributed by atoms with van der Waals surface area (Å²) in [5.41, 5.74) is 30.0. The van der Waals surface area contributed by atoms with Gasteiger partial charge in [-0.05, 0) is 212 Å². The summed E-state index contributed by atoms with van der Waals surface area (Å²) in [6.45, 7) is 12.1. The maximum Gasteiger partial charge on any atom is 0.0462 e. The van der Waals surface area contributed by atoms with Crippen LogP contribution in [0.4, 0.5) is 34.1 Å². The second kappa shape index (κ2) is 21.1. The molecular weight excluding hydrogens is 1040 g/mol. The molecule has 11 aromatic carbocycles. The van der Waals surface area contributed by atoms with E-state index in [1.165, 1.54) is 125 Å². The van der Waals surface area contributed by atoms with E-state index in [9.17, 15) is 0 Å². The molecule has 3 unspecified atom stereocenters. The van der Waals surface area contributed by atoms with Gasteiger partial charge in [0, 0.05) is 55.8 Å². The van der Waals surface area contributed by atoms with Crippen LogP contribution in [0, 0.1) is 0 Å². The first kappa shape index (κ1) is 53.5. The molecule has 0 saturated heterocycles. The lowest BCUT2D eigenvalue weighted by Crippen LogP contribution is -2.40. The minimum Gasteiger partial charge on any atom is -0.311 e. The van der Waals surface area contributed by atoms with Crippen molar-refractivity contribution >= 4 is 34.1 Å². The second-order valence-electron chi connectivity index (χ2n) is 25.7. The standard InChI is InChI=1S/C84H74N2/c1-6-50-84(67-36-48-73(49-37-67)85(68-38-26-61(27-39-68)58-20-12-8-13-21-58)69-40-28-62(29-41-69)59-22-14-9-15-23-59)79-54-75-74-53-64-57-83(7-2,76(64)55-77(74)81(3,4)78(75)56-80(79)84)66-34-46-72(47-35-66)86(70-42-30-63(31-43-70)60-24-16-10-17-25-60)71-44-32-65(33-45-71)82(5)51-18-11-19-52-82/h8-10,12-18,20-49,51,53-56H,6-7,11,19,50,52,57H2,1-5H3. The molecule has 0 fully saturated rings. The van der Waals surface area contributed by atoms with Gasteiger partial charge in [0.05, 0.1) is 0 Å². The average Bonchev–Trinajstić information content (AvgIpc) is 1.49. The number of nitrogens with zero attached hydrogens (tertiary/aromatic N) is 2. The van der Waals surface area contributed by atoms with Gasteiger partial charge in [0.2, 0.25) is 0 Å². The number of benzene rings is 11. The van der Waals surface area contributed by atoms with Crippen LogP contribution in [0.3, 0.4) is 0 Å². The fraction of sp³-hybridized carbons (Fsp3) is 0.190. The molecule has 0 aliphatic heterocycles. The fourth-order valence-electron chi connectivity index (χ4n) is 15.5. The van der Waals surface area contributed by atoms with Gasteiger partial charge in [-0.15, -0.1) is 0 Å². The van der Waals surface area contributed by atoms with Gasteiger partial charge in [0.15, 0.2) is 0 Å². The van der Waals surface area contributed by atoms with E-state index in [0.717, 1.165) is 48.4 Å². The van der Waals surface area contributed by atoms with Crippen molar-refractivity contribution in [2.75, 3.05) is 9.80 Å². The van der Waals surface area contributed by atoms with E-state index in [2.05, 4.69) is 317 Å².